The number of nitrogens with one attached hydrogen (secondary N) is 1. The molecule has 0 bridgehead atoms. The van der Waals surface area contributed by atoms with E-state index in [1.165, 1.54) is 26.0 Å². The Hall–Kier alpha value is -3.68. The first-order valence-electron chi connectivity index (χ1n) is 11.8. The van der Waals surface area contributed by atoms with Crippen molar-refractivity contribution >= 4 is 29.3 Å². The third-order valence-electron chi connectivity index (χ3n) is 6.12. The van der Waals surface area contributed by atoms with Gasteiger partial charge in [-0.15, -0.1) is 0 Å². The molecule has 1 aliphatic rings. The zero-order chi connectivity index (χ0) is 25.5. The summed E-state index contributed by atoms with van der Waals surface area (Å²) in [5, 5.41) is 2.64. The van der Waals surface area contributed by atoms with Crippen molar-refractivity contribution in [2.45, 2.75) is 65.1 Å². The van der Waals surface area contributed by atoms with Crippen molar-refractivity contribution in [1.82, 2.24) is 4.90 Å². The molecule has 1 saturated heterocycles. The summed E-state index contributed by atoms with van der Waals surface area (Å²) in [6, 6.07) is 13.1. The minimum absolute atomic E-state index is 0.0538. The normalized spacial score (nSPS) is 18.3. The van der Waals surface area contributed by atoms with Crippen molar-refractivity contribution in [2.75, 3.05) is 11.9 Å². The topological polar surface area (TPSA) is 102 Å². The molecule has 1 fully saturated rings. The molecule has 8 nitrogen and oxygen atoms in total. The average molecular weight is 481 g/mol. The maximum absolute atomic E-state index is 12.6. The van der Waals surface area contributed by atoms with E-state index in [4.69, 9.17) is 9.47 Å². The van der Waals surface area contributed by atoms with Crippen LogP contribution in [0.3, 0.4) is 0 Å². The number of anilines is 1. The van der Waals surface area contributed by atoms with Gasteiger partial charge in [0.25, 0.3) is 11.8 Å². The van der Waals surface area contributed by atoms with E-state index in [0.29, 0.717) is 17.0 Å². The Bertz CT molecular complexity index is 1070. The Morgan fingerprint density at radius 1 is 1.00 bits per heavy atom. The van der Waals surface area contributed by atoms with Crippen LogP contribution in [0.4, 0.5) is 5.69 Å². The fourth-order valence-electron chi connectivity index (χ4n) is 4.16. The zero-order valence-corrected chi connectivity index (χ0v) is 20.6. The monoisotopic (exact) mass is 480 g/mol. The Kier molecular flexibility index (Phi) is 8.63. The van der Waals surface area contributed by atoms with E-state index in [9.17, 15) is 19.2 Å². The number of ether oxygens (including phenoxy) is 2. The lowest BCUT2D eigenvalue weighted by Gasteiger charge is -2.38. The highest BCUT2D eigenvalue weighted by atomic mass is 16.5. The molecule has 3 rings (SSSR count). The molecule has 0 aromatic heterocycles. The summed E-state index contributed by atoms with van der Waals surface area (Å²) in [6.45, 7) is 6.94. The van der Waals surface area contributed by atoms with Crippen molar-refractivity contribution < 1.29 is 28.7 Å². The van der Waals surface area contributed by atoms with E-state index in [1.54, 1.807) is 36.4 Å². The van der Waals surface area contributed by atoms with Gasteiger partial charge in [-0.2, -0.15) is 0 Å². The van der Waals surface area contributed by atoms with Crippen LogP contribution in [-0.4, -0.2) is 53.3 Å². The number of carbonyl (C=O) groups excluding carboxylic acids is 4. The third kappa shape index (κ3) is 6.91. The van der Waals surface area contributed by atoms with Crippen LogP contribution in [0.15, 0.2) is 48.5 Å². The number of hydrogen-bond acceptors (Lipinski definition) is 6. The van der Waals surface area contributed by atoms with Crippen LogP contribution in [0, 0.1) is 0 Å². The first-order chi connectivity index (χ1) is 16.7. The number of benzene rings is 2. The highest BCUT2D eigenvalue weighted by Gasteiger charge is 2.29. The molecule has 0 aliphatic carbocycles. The van der Waals surface area contributed by atoms with Crippen LogP contribution in [0.2, 0.25) is 0 Å². The van der Waals surface area contributed by atoms with Gasteiger partial charge in [-0.1, -0.05) is 12.1 Å². The molecular weight excluding hydrogens is 448 g/mol. The second-order valence-electron chi connectivity index (χ2n) is 8.92. The standard InChI is InChI=1S/C27H32N2O6/c1-17-7-5-8-18(2)29(17)25(31)16-34-24-13-11-21(12-14-24)27(33)35-20(4)26(32)28-23-10-6-9-22(15-23)19(3)30/h6,9-15,17-18,20H,5,7-8,16H2,1-4H3,(H,28,32)/t17-,18-,20+/m1/s1. The number of rotatable bonds is 8. The summed E-state index contributed by atoms with van der Waals surface area (Å²) in [4.78, 5) is 50.9. The van der Waals surface area contributed by atoms with Crippen molar-refractivity contribution in [1.29, 1.82) is 0 Å². The molecule has 0 radical (unpaired) electrons. The van der Waals surface area contributed by atoms with Crippen LogP contribution >= 0.6 is 0 Å². The number of likely N-dealkylation sites (tertiary alicyclic amines) is 1. The molecular formula is C27H32N2O6. The summed E-state index contributed by atoms with van der Waals surface area (Å²) in [7, 11) is 0. The van der Waals surface area contributed by atoms with Crippen molar-refractivity contribution in [3.63, 3.8) is 0 Å². The summed E-state index contributed by atoms with van der Waals surface area (Å²) in [6.07, 6.45) is 2.06. The van der Waals surface area contributed by atoms with E-state index in [1.807, 2.05) is 4.90 Å². The van der Waals surface area contributed by atoms with Gasteiger partial charge in [0, 0.05) is 23.3 Å². The van der Waals surface area contributed by atoms with Gasteiger partial charge in [-0.25, -0.2) is 4.79 Å². The average Bonchev–Trinajstić information content (AvgIpc) is 2.83. The zero-order valence-electron chi connectivity index (χ0n) is 20.6. The van der Waals surface area contributed by atoms with E-state index in [-0.39, 0.29) is 35.9 Å². The quantitative estimate of drug-likeness (QED) is 0.448. The molecule has 2 aromatic rings. The van der Waals surface area contributed by atoms with E-state index in [2.05, 4.69) is 19.2 Å². The van der Waals surface area contributed by atoms with Crippen molar-refractivity contribution in [2.24, 2.45) is 0 Å². The Balaban J connectivity index is 1.51. The Labute approximate surface area is 205 Å². The molecule has 1 heterocycles. The number of hydrogen-bond donors (Lipinski definition) is 1. The third-order valence-corrected chi connectivity index (χ3v) is 6.12. The van der Waals surface area contributed by atoms with Crippen LogP contribution < -0.4 is 10.1 Å². The van der Waals surface area contributed by atoms with Gasteiger partial charge in [-0.3, -0.25) is 14.4 Å². The first kappa shape index (κ1) is 25.9. The van der Waals surface area contributed by atoms with Gasteiger partial charge in [0.1, 0.15) is 5.75 Å². The summed E-state index contributed by atoms with van der Waals surface area (Å²) in [5.41, 5.74) is 1.16. The number of ketones is 1. The van der Waals surface area contributed by atoms with Crippen LogP contribution in [0.1, 0.15) is 67.7 Å². The van der Waals surface area contributed by atoms with Gasteiger partial charge >= 0.3 is 5.97 Å². The number of Topliss-reactive ketones (excluding diaryl/α,β-unsaturated/α-hetero) is 1. The van der Waals surface area contributed by atoms with Crippen molar-refractivity contribution in [3.05, 3.63) is 59.7 Å². The maximum Gasteiger partial charge on any atom is 0.338 e. The predicted octanol–water partition coefficient (Wildman–Crippen LogP) is 4.24. The van der Waals surface area contributed by atoms with Gasteiger partial charge in [0.05, 0.1) is 5.56 Å². The Morgan fingerprint density at radius 3 is 2.29 bits per heavy atom. The van der Waals surface area contributed by atoms with Crippen molar-refractivity contribution in [3.8, 4) is 5.75 Å². The maximum atomic E-state index is 12.6. The van der Waals surface area contributed by atoms with E-state index < -0.39 is 18.0 Å². The van der Waals surface area contributed by atoms with E-state index in [0.717, 1.165) is 19.3 Å². The molecule has 0 saturated carbocycles. The first-order valence-corrected chi connectivity index (χ1v) is 11.8. The Morgan fingerprint density at radius 2 is 1.66 bits per heavy atom. The SMILES string of the molecule is CC(=O)c1cccc(NC(=O)[C@H](C)OC(=O)c2ccc(OCC(=O)N3[C@H](C)CCC[C@H]3C)cc2)c1. The minimum atomic E-state index is -1.05. The fraction of sp³-hybridized carbons (Fsp3) is 0.407. The lowest BCUT2D eigenvalue weighted by atomic mass is 9.97. The molecule has 1 aliphatic heterocycles. The predicted molar refractivity (Wildman–Crippen MR) is 132 cm³/mol. The molecule has 8 heteroatoms. The minimum Gasteiger partial charge on any atom is -0.484 e. The highest BCUT2D eigenvalue weighted by Crippen LogP contribution is 2.23. The molecule has 3 atom stereocenters. The van der Waals surface area contributed by atoms with E-state index >= 15 is 0 Å². The molecule has 186 valence electrons. The lowest BCUT2D eigenvalue weighted by Crippen LogP contribution is -2.49. The number of amides is 2. The van der Waals surface area contributed by atoms with Gasteiger partial charge in [0.15, 0.2) is 18.5 Å². The van der Waals surface area contributed by atoms with Crippen LogP contribution in [0.5, 0.6) is 5.75 Å². The van der Waals surface area contributed by atoms with Crippen LogP contribution in [0.25, 0.3) is 0 Å². The van der Waals surface area contributed by atoms with Crippen LogP contribution in [-0.2, 0) is 14.3 Å². The molecule has 35 heavy (non-hydrogen) atoms. The van der Waals surface area contributed by atoms with Gasteiger partial charge < -0.3 is 19.7 Å². The summed E-state index contributed by atoms with van der Waals surface area (Å²) >= 11 is 0. The van der Waals surface area contributed by atoms with Gasteiger partial charge in [-0.05, 0) is 83.4 Å². The molecule has 1 N–H and O–H groups in total. The number of piperidine rings is 1. The molecule has 2 aromatic carbocycles. The molecule has 0 unspecified atom stereocenters. The molecule has 2 amide bonds. The largest absolute Gasteiger partial charge is 0.484 e. The number of carbonyl (C=O) groups is 4. The summed E-state index contributed by atoms with van der Waals surface area (Å²) in [5.74, 6) is -0.888. The number of esters is 1. The summed E-state index contributed by atoms with van der Waals surface area (Å²) < 4.78 is 10.9. The van der Waals surface area contributed by atoms with Gasteiger partial charge in [0.2, 0.25) is 0 Å². The lowest BCUT2D eigenvalue weighted by molar-refractivity contribution is -0.139. The fourth-order valence-corrected chi connectivity index (χ4v) is 4.16. The second-order valence-corrected chi connectivity index (χ2v) is 8.92. The highest BCUT2D eigenvalue weighted by molar-refractivity contribution is 5.99. The smallest absolute Gasteiger partial charge is 0.338 e. The second kappa shape index (κ2) is 11.6. The molecule has 0 spiro atoms. The number of nitrogens with zero attached hydrogens (tertiary/aromatic N) is 1.